The van der Waals surface area contributed by atoms with E-state index >= 15 is 0 Å². The van der Waals surface area contributed by atoms with E-state index in [-0.39, 0.29) is 17.2 Å². The summed E-state index contributed by atoms with van der Waals surface area (Å²) >= 11 is 5.87. The maximum atomic E-state index is 13.4. The van der Waals surface area contributed by atoms with E-state index in [1.165, 1.54) is 26.4 Å². The van der Waals surface area contributed by atoms with Gasteiger partial charge in [-0.15, -0.1) is 0 Å². The van der Waals surface area contributed by atoms with Gasteiger partial charge in [0.2, 0.25) is 0 Å². The van der Waals surface area contributed by atoms with Crippen LogP contribution in [-0.4, -0.2) is 20.0 Å². The topological polar surface area (TPSA) is 35.5 Å². The smallest absolute Gasteiger partial charge is 0.171 e. The second kappa shape index (κ2) is 6.59. The molecule has 21 heavy (non-hydrogen) atoms. The van der Waals surface area contributed by atoms with Crippen LogP contribution in [0.25, 0.3) is 0 Å². The van der Waals surface area contributed by atoms with Gasteiger partial charge in [-0.3, -0.25) is 4.79 Å². The monoisotopic (exact) mass is 308 g/mol. The van der Waals surface area contributed by atoms with Crippen LogP contribution >= 0.6 is 11.6 Å². The van der Waals surface area contributed by atoms with E-state index in [4.69, 9.17) is 21.1 Å². The minimum absolute atomic E-state index is 0.000712. The first-order chi connectivity index (χ1) is 10.1. The Morgan fingerprint density at radius 2 is 1.95 bits per heavy atom. The first kappa shape index (κ1) is 15.3. The van der Waals surface area contributed by atoms with E-state index in [0.29, 0.717) is 22.6 Å². The molecule has 0 unspecified atom stereocenters. The molecule has 0 atom stereocenters. The van der Waals surface area contributed by atoms with Crippen LogP contribution in [0.2, 0.25) is 5.02 Å². The molecule has 110 valence electrons. The molecular weight excluding hydrogens is 295 g/mol. The molecule has 0 amide bonds. The number of methoxy groups -OCH3 is 2. The molecule has 0 saturated carbocycles. The highest BCUT2D eigenvalue weighted by Crippen LogP contribution is 2.27. The Hall–Kier alpha value is -2.07. The van der Waals surface area contributed by atoms with Gasteiger partial charge < -0.3 is 9.47 Å². The molecule has 0 aliphatic heterocycles. The van der Waals surface area contributed by atoms with Gasteiger partial charge in [0.05, 0.1) is 24.8 Å². The Labute approximate surface area is 127 Å². The fourth-order valence-corrected chi connectivity index (χ4v) is 2.17. The molecule has 2 rings (SSSR count). The Bertz CT molecular complexity index is 671. The zero-order chi connectivity index (χ0) is 15.4. The molecule has 0 N–H and O–H groups in total. The van der Waals surface area contributed by atoms with Gasteiger partial charge in [0, 0.05) is 12.5 Å². The van der Waals surface area contributed by atoms with Crippen molar-refractivity contribution < 1.29 is 18.7 Å². The third kappa shape index (κ3) is 3.34. The second-order valence-electron chi connectivity index (χ2n) is 4.38. The Morgan fingerprint density at radius 3 is 2.62 bits per heavy atom. The van der Waals surface area contributed by atoms with Crippen molar-refractivity contribution in [1.29, 1.82) is 0 Å². The van der Waals surface area contributed by atoms with Gasteiger partial charge in [0.1, 0.15) is 17.3 Å². The van der Waals surface area contributed by atoms with E-state index in [0.717, 1.165) is 0 Å². The predicted octanol–water partition coefficient (Wildman–Crippen LogP) is 3.92. The van der Waals surface area contributed by atoms with Crippen molar-refractivity contribution >= 4 is 17.4 Å². The molecule has 3 nitrogen and oxygen atoms in total. The Morgan fingerprint density at radius 1 is 1.19 bits per heavy atom. The highest BCUT2D eigenvalue weighted by Gasteiger charge is 2.16. The van der Waals surface area contributed by atoms with Crippen LogP contribution in [0.3, 0.4) is 0 Å². The van der Waals surface area contributed by atoms with Crippen LogP contribution < -0.4 is 9.47 Å². The highest BCUT2D eigenvalue weighted by atomic mass is 35.5. The van der Waals surface area contributed by atoms with Gasteiger partial charge in [0.25, 0.3) is 0 Å². The van der Waals surface area contributed by atoms with Crippen molar-refractivity contribution in [3.63, 3.8) is 0 Å². The number of halogens is 2. The van der Waals surface area contributed by atoms with Crippen molar-refractivity contribution in [1.82, 2.24) is 0 Å². The van der Waals surface area contributed by atoms with Crippen LogP contribution in [0.1, 0.15) is 15.9 Å². The number of carbonyl (C=O) groups is 1. The summed E-state index contributed by atoms with van der Waals surface area (Å²) in [6.45, 7) is 0. The quantitative estimate of drug-likeness (QED) is 0.785. The minimum atomic E-state index is -0.538. The molecule has 0 saturated heterocycles. The van der Waals surface area contributed by atoms with Crippen LogP contribution in [0.5, 0.6) is 11.5 Å². The zero-order valence-electron chi connectivity index (χ0n) is 11.7. The molecule has 0 bridgehead atoms. The summed E-state index contributed by atoms with van der Waals surface area (Å²) in [4.78, 5) is 12.4. The van der Waals surface area contributed by atoms with Gasteiger partial charge in [-0.25, -0.2) is 4.39 Å². The largest absolute Gasteiger partial charge is 0.497 e. The predicted molar refractivity (Wildman–Crippen MR) is 79.0 cm³/mol. The number of ether oxygens (including phenoxy) is 2. The lowest BCUT2D eigenvalue weighted by Crippen LogP contribution is -2.07. The van der Waals surface area contributed by atoms with E-state index < -0.39 is 5.82 Å². The first-order valence-corrected chi connectivity index (χ1v) is 6.62. The van der Waals surface area contributed by atoms with Crippen LogP contribution in [0.15, 0.2) is 36.4 Å². The van der Waals surface area contributed by atoms with Crippen LogP contribution in [0.4, 0.5) is 4.39 Å². The molecule has 0 aliphatic rings. The number of benzene rings is 2. The number of Topliss-reactive ketones (excluding diaryl/α,β-unsaturated/α-hetero) is 1. The van der Waals surface area contributed by atoms with Crippen molar-refractivity contribution in [3.05, 3.63) is 58.4 Å². The lowest BCUT2D eigenvalue weighted by atomic mass is 10.0. The normalized spacial score (nSPS) is 10.3. The molecular formula is C16H14ClFO3. The summed E-state index contributed by atoms with van der Waals surface area (Å²) in [6.07, 6.45) is -0.000712. The number of hydrogen-bond acceptors (Lipinski definition) is 3. The van der Waals surface area contributed by atoms with Gasteiger partial charge in [-0.05, 0) is 23.8 Å². The van der Waals surface area contributed by atoms with Gasteiger partial charge in [0.15, 0.2) is 5.78 Å². The average Bonchev–Trinajstić information content (AvgIpc) is 2.51. The van der Waals surface area contributed by atoms with Gasteiger partial charge in [-0.1, -0.05) is 23.7 Å². The SMILES string of the molecule is COc1ccc(C(=O)Cc2cccc(F)c2Cl)c(OC)c1. The van der Waals surface area contributed by atoms with Crippen LogP contribution in [0, 0.1) is 5.82 Å². The molecule has 0 aliphatic carbocycles. The minimum Gasteiger partial charge on any atom is -0.497 e. The number of carbonyl (C=O) groups excluding carboxylic acids is 1. The van der Waals surface area contributed by atoms with Crippen molar-refractivity contribution in [3.8, 4) is 11.5 Å². The number of hydrogen-bond donors (Lipinski definition) is 0. The van der Waals surface area contributed by atoms with Crippen molar-refractivity contribution in [2.24, 2.45) is 0 Å². The fourth-order valence-electron chi connectivity index (χ4n) is 1.98. The van der Waals surface area contributed by atoms with Gasteiger partial charge in [-0.2, -0.15) is 0 Å². The Kier molecular flexibility index (Phi) is 4.81. The average molecular weight is 309 g/mol. The first-order valence-electron chi connectivity index (χ1n) is 6.25. The Balaban J connectivity index is 2.30. The summed E-state index contributed by atoms with van der Waals surface area (Å²) in [7, 11) is 3.00. The number of rotatable bonds is 5. The summed E-state index contributed by atoms with van der Waals surface area (Å²) in [6, 6.07) is 9.31. The van der Waals surface area contributed by atoms with Gasteiger partial charge >= 0.3 is 0 Å². The lowest BCUT2D eigenvalue weighted by molar-refractivity contribution is 0.0990. The summed E-state index contributed by atoms with van der Waals surface area (Å²) in [5.41, 5.74) is 0.846. The third-order valence-corrected chi connectivity index (χ3v) is 3.51. The molecule has 2 aromatic carbocycles. The molecule has 0 heterocycles. The lowest BCUT2D eigenvalue weighted by Gasteiger charge is -2.10. The molecule has 5 heteroatoms. The summed E-state index contributed by atoms with van der Waals surface area (Å²) in [5.74, 6) is 0.254. The molecule has 0 fully saturated rings. The standard InChI is InChI=1S/C16H14ClFO3/c1-20-11-6-7-12(15(9-11)21-2)14(19)8-10-4-3-5-13(18)16(10)17/h3-7,9H,8H2,1-2H3. The number of ketones is 1. The third-order valence-electron chi connectivity index (χ3n) is 3.09. The zero-order valence-corrected chi connectivity index (χ0v) is 12.4. The van der Waals surface area contributed by atoms with Crippen molar-refractivity contribution in [2.45, 2.75) is 6.42 Å². The van der Waals surface area contributed by atoms with E-state index in [9.17, 15) is 9.18 Å². The van der Waals surface area contributed by atoms with E-state index in [1.54, 1.807) is 24.3 Å². The summed E-state index contributed by atoms with van der Waals surface area (Å²) in [5, 5.41) is -0.0293. The second-order valence-corrected chi connectivity index (χ2v) is 4.76. The van der Waals surface area contributed by atoms with E-state index in [2.05, 4.69) is 0 Å². The summed E-state index contributed by atoms with van der Waals surface area (Å²) < 4.78 is 23.7. The molecule has 0 aromatic heterocycles. The van der Waals surface area contributed by atoms with E-state index in [1.807, 2.05) is 0 Å². The highest BCUT2D eigenvalue weighted by molar-refractivity contribution is 6.31. The van der Waals surface area contributed by atoms with Crippen LogP contribution in [-0.2, 0) is 6.42 Å². The fraction of sp³-hybridized carbons (Fsp3) is 0.188. The maximum Gasteiger partial charge on any atom is 0.171 e. The molecule has 2 aromatic rings. The van der Waals surface area contributed by atoms with Crippen molar-refractivity contribution in [2.75, 3.05) is 14.2 Å². The molecule has 0 radical (unpaired) electrons. The molecule has 0 spiro atoms. The maximum absolute atomic E-state index is 13.4.